The molecule has 1 aliphatic heterocycles. The van der Waals surface area contributed by atoms with E-state index in [9.17, 15) is 4.79 Å². The van der Waals surface area contributed by atoms with Gasteiger partial charge in [-0.1, -0.05) is 6.92 Å². The molecule has 0 bridgehead atoms. The summed E-state index contributed by atoms with van der Waals surface area (Å²) in [6.45, 7) is 2.04. The average Bonchev–Trinajstić information content (AvgIpc) is 3.24. The number of aromatic amines is 1. The molecule has 0 saturated carbocycles. The number of imidazole rings is 2. The Bertz CT molecular complexity index is 895. The molecule has 2 N–H and O–H groups in total. The summed E-state index contributed by atoms with van der Waals surface area (Å²) in [6.07, 6.45) is 2.90. The van der Waals surface area contributed by atoms with Crippen LogP contribution < -0.4 is 5.56 Å². The van der Waals surface area contributed by atoms with E-state index in [1.165, 1.54) is 10.7 Å². The van der Waals surface area contributed by atoms with Crippen LogP contribution in [0.5, 0.6) is 0 Å². The van der Waals surface area contributed by atoms with Crippen LogP contribution in [0.25, 0.3) is 16.9 Å². The number of hydrogen-bond donors (Lipinski definition) is 2. The van der Waals surface area contributed by atoms with Crippen molar-refractivity contribution in [1.29, 1.82) is 0 Å². The van der Waals surface area contributed by atoms with Gasteiger partial charge in [0, 0.05) is 11.9 Å². The van der Waals surface area contributed by atoms with Gasteiger partial charge in [0.2, 0.25) is 5.78 Å². The Labute approximate surface area is 124 Å². The fourth-order valence-corrected chi connectivity index (χ4v) is 2.60. The Morgan fingerprint density at radius 2 is 2.41 bits per heavy atom. The molecule has 0 spiro atoms. The topological polar surface area (TPSA) is 107 Å². The fraction of sp³-hybridized carbons (Fsp3) is 0.462. The molecule has 3 aromatic heterocycles. The van der Waals surface area contributed by atoms with Crippen molar-refractivity contribution in [3.8, 4) is 0 Å². The summed E-state index contributed by atoms with van der Waals surface area (Å²) < 4.78 is 13.9. The Kier molecular flexibility index (Phi) is 2.99. The number of H-pyrrole nitrogens is 1. The third kappa shape index (κ3) is 1.86. The van der Waals surface area contributed by atoms with Crippen LogP contribution >= 0.6 is 0 Å². The highest BCUT2D eigenvalue weighted by molar-refractivity contribution is 5.71. The third-order valence-electron chi connectivity index (χ3n) is 3.76. The first kappa shape index (κ1) is 13.4. The molecule has 9 nitrogen and oxygen atoms in total. The van der Waals surface area contributed by atoms with Gasteiger partial charge in [0.05, 0.1) is 19.5 Å². The molecule has 9 heteroatoms. The van der Waals surface area contributed by atoms with Gasteiger partial charge in [-0.2, -0.15) is 4.98 Å². The van der Waals surface area contributed by atoms with Crippen LogP contribution in [0.2, 0.25) is 0 Å². The van der Waals surface area contributed by atoms with Gasteiger partial charge < -0.3 is 19.6 Å². The van der Waals surface area contributed by atoms with Crippen LogP contribution in [-0.4, -0.2) is 48.5 Å². The number of ether oxygens (including phenoxy) is 2. The largest absolute Gasteiger partial charge is 0.391 e. The van der Waals surface area contributed by atoms with Gasteiger partial charge >= 0.3 is 0 Å². The zero-order chi connectivity index (χ0) is 15.3. The van der Waals surface area contributed by atoms with Gasteiger partial charge in [0.1, 0.15) is 0 Å². The second-order valence-corrected chi connectivity index (χ2v) is 5.10. The van der Waals surface area contributed by atoms with Crippen molar-refractivity contribution in [3.63, 3.8) is 0 Å². The summed E-state index contributed by atoms with van der Waals surface area (Å²) >= 11 is 0. The average molecular weight is 305 g/mol. The van der Waals surface area contributed by atoms with Crippen LogP contribution in [0.3, 0.4) is 0 Å². The highest BCUT2D eigenvalue weighted by atomic mass is 16.7. The molecule has 4 heterocycles. The minimum Gasteiger partial charge on any atom is -0.391 e. The first-order valence-electron chi connectivity index (χ1n) is 7.06. The SMILES string of the molecule is CCc1cn2c(=O)c3ncn([C@H]4CO[C@@H](CO)O4)c3nc2[nH]1. The quantitative estimate of drug-likeness (QED) is 0.694. The highest BCUT2D eigenvalue weighted by Gasteiger charge is 2.28. The van der Waals surface area contributed by atoms with Crippen LogP contribution in [0.4, 0.5) is 0 Å². The standard InChI is InChI=1S/C13H15N5O4/c1-2-7-3-17-12(20)10-11(16-13(17)15-7)18(6-14-10)8-5-21-9(4-19)22-8/h3,6,8-9,19H,2,4-5H2,1H3,(H,15,16)/t8-,9-/m1/s1. The lowest BCUT2D eigenvalue weighted by Crippen LogP contribution is -2.17. The Balaban J connectivity index is 1.87. The lowest BCUT2D eigenvalue weighted by Gasteiger charge is -2.11. The molecular weight excluding hydrogens is 290 g/mol. The lowest BCUT2D eigenvalue weighted by atomic mass is 10.4. The number of aromatic nitrogens is 5. The summed E-state index contributed by atoms with van der Waals surface area (Å²) in [4.78, 5) is 24.2. The number of hydrogen-bond acceptors (Lipinski definition) is 6. The van der Waals surface area contributed by atoms with Crippen LogP contribution in [0.1, 0.15) is 18.8 Å². The van der Waals surface area contributed by atoms with Gasteiger partial charge in [-0.05, 0) is 6.42 Å². The van der Waals surface area contributed by atoms with Crippen LogP contribution in [-0.2, 0) is 15.9 Å². The Morgan fingerprint density at radius 1 is 1.55 bits per heavy atom. The van der Waals surface area contributed by atoms with Crippen molar-refractivity contribution >= 4 is 16.9 Å². The normalized spacial score (nSPS) is 22.1. The molecule has 1 aliphatic rings. The summed E-state index contributed by atoms with van der Waals surface area (Å²) in [5.41, 5.74) is 1.40. The van der Waals surface area contributed by atoms with Gasteiger partial charge in [-0.3, -0.25) is 9.36 Å². The van der Waals surface area contributed by atoms with Crippen molar-refractivity contribution < 1.29 is 14.6 Å². The second-order valence-electron chi connectivity index (χ2n) is 5.10. The lowest BCUT2D eigenvalue weighted by molar-refractivity contribution is -0.0980. The number of nitrogens with one attached hydrogen (secondary N) is 1. The van der Waals surface area contributed by atoms with E-state index in [0.717, 1.165) is 12.1 Å². The monoisotopic (exact) mass is 305 g/mol. The zero-order valence-corrected chi connectivity index (χ0v) is 11.9. The van der Waals surface area contributed by atoms with Gasteiger partial charge in [0.25, 0.3) is 5.56 Å². The number of fused-ring (bicyclic) bond motifs is 2. The van der Waals surface area contributed by atoms with Gasteiger partial charge in [-0.15, -0.1) is 0 Å². The highest BCUT2D eigenvalue weighted by Crippen LogP contribution is 2.23. The number of aliphatic hydroxyl groups excluding tert-OH is 1. The van der Waals surface area contributed by atoms with Crippen LogP contribution in [0, 0.1) is 0 Å². The maximum absolute atomic E-state index is 12.5. The Morgan fingerprint density at radius 3 is 3.14 bits per heavy atom. The van der Waals surface area contributed by atoms with Crippen molar-refractivity contribution in [3.05, 3.63) is 28.6 Å². The molecule has 1 fully saturated rings. The molecular formula is C13H15N5O4. The summed E-state index contributed by atoms with van der Waals surface area (Å²) in [5.74, 6) is 0.466. The first-order valence-corrected chi connectivity index (χ1v) is 7.06. The maximum Gasteiger partial charge on any atom is 0.287 e. The van der Waals surface area contributed by atoms with Gasteiger partial charge in [0.15, 0.2) is 23.7 Å². The minimum absolute atomic E-state index is 0.222. The molecule has 0 aliphatic carbocycles. The molecule has 4 rings (SSSR count). The summed E-state index contributed by atoms with van der Waals surface area (Å²) in [5, 5.41) is 9.06. The maximum atomic E-state index is 12.5. The molecule has 2 atom stereocenters. The first-order chi connectivity index (χ1) is 10.7. The van der Waals surface area contributed by atoms with E-state index in [2.05, 4.69) is 15.0 Å². The van der Waals surface area contributed by atoms with Crippen molar-refractivity contribution in [1.82, 2.24) is 23.9 Å². The van der Waals surface area contributed by atoms with E-state index in [4.69, 9.17) is 14.6 Å². The van der Waals surface area contributed by atoms with Crippen LogP contribution in [0.15, 0.2) is 17.3 Å². The van der Waals surface area contributed by atoms with E-state index >= 15 is 0 Å². The molecule has 0 amide bonds. The molecule has 0 unspecified atom stereocenters. The third-order valence-corrected chi connectivity index (χ3v) is 3.76. The molecule has 116 valence electrons. The fourth-order valence-electron chi connectivity index (χ4n) is 2.60. The zero-order valence-electron chi connectivity index (χ0n) is 11.9. The minimum atomic E-state index is -0.663. The van der Waals surface area contributed by atoms with Crippen molar-refractivity contribution in [2.45, 2.75) is 25.9 Å². The smallest absolute Gasteiger partial charge is 0.287 e. The van der Waals surface area contributed by atoms with E-state index in [1.54, 1.807) is 10.8 Å². The molecule has 0 radical (unpaired) electrons. The number of nitrogens with zero attached hydrogens (tertiary/aromatic N) is 4. The van der Waals surface area contributed by atoms with E-state index in [-0.39, 0.29) is 24.3 Å². The predicted octanol–water partition coefficient (Wildman–Crippen LogP) is -0.202. The van der Waals surface area contributed by atoms with Gasteiger partial charge in [-0.25, -0.2) is 9.38 Å². The number of aliphatic hydroxyl groups is 1. The summed E-state index contributed by atoms with van der Waals surface area (Å²) in [7, 11) is 0. The number of aryl methyl sites for hydroxylation is 1. The second kappa shape index (κ2) is 4.90. The van der Waals surface area contributed by atoms with E-state index in [1.807, 2.05) is 6.92 Å². The molecule has 22 heavy (non-hydrogen) atoms. The van der Waals surface area contributed by atoms with Crippen molar-refractivity contribution in [2.24, 2.45) is 0 Å². The summed E-state index contributed by atoms with van der Waals surface area (Å²) in [6, 6.07) is 0. The predicted molar refractivity (Wildman–Crippen MR) is 75.4 cm³/mol. The van der Waals surface area contributed by atoms with Crippen molar-refractivity contribution in [2.75, 3.05) is 13.2 Å². The molecule has 3 aromatic rings. The number of rotatable bonds is 3. The Hall–Kier alpha value is -2.23. The van der Waals surface area contributed by atoms with E-state index < -0.39 is 12.5 Å². The molecule has 0 aromatic carbocycles. The molecule has 1 saturated heterocycles. The van der Waals surface area contributed by atoms with E-state index in [0.29, 0.717) is 11.4 Å².